The zero-order chi connectivity index (χ0) is 69.1. The summed E-state index contributed by atoms with van der Waals surface area (Å²) < 4.78 is 14.8. The van der Waals surface area contributed by atoms with Gasteiger partial charge in [0.1, 0.15) is 11.2 Å². The summed E-state index contributed by atoms with van der Waals surface area (Å²) >= 11 is 5.52. The van der Waals surface area contributed by atoms with Crippen molar-refractivity contribution in [1.82, 2.24) is 4.98 Å². The van der Waals surface area contributed by atoms with Gasteiger partial charge in [0.05, 0.1) is 12.5 Å². The maximum atomic E-state index is 5.33. The summed E-state index contributed by atoms with van der Waals surface area (Å²) in [5, 5.41) is 11.1. The highest BCUT2D eigenvalue weighted by molar-refractivity contribution is 7.19. The van der Waals surface area contributed by atoms with E-state index in [9.17, 15) is 0 Å². The van der Waals surface area contributed by atoms with Gasteiger partial charge in [0.25, 0.3) is 0 Å². The largest absolute Gasteiger partial charge is 0.464 e. The van der Waals surface area contributed by atoms with Crippen molar-refractivity contribution in [3.05, 3.63) is 311 Å². The van der Waals surface area contributed by atoms with E-state index in [0.717, 1.165) is 28.7 Å². The summed E-state index contributed by atoms with van der Waals surface area (Å²) in [6.45, 7) is 43.0. The summed E-state index contributed by atoms with van der Waals surface area (Å²) in [7, 11) is 0. The van der Waals surface area contributed by atoms with Crippen LogP contribution in [0, 0.1) is 136 Å². The van der Waals surface area contributed by atoms with Crippen LogP contribution < -0.4 is 0 Å². The summed E-state index contributed by atoms with van der Waals surface area (Å²) in [6.07, 6.45) is 11.2. The number of hydrogen-bond donors (Lipinski definition) is 0. The van der Waals surface area contributed by atoms with Crippen LogP contribution in [0.3, 0.4) is 0 Å². The van der Waals surface area contributed by atoms with Crippen LogP contribution in [0.1, 0.15) is 139 Å². The highest BCUT2D eigenvalue weighted by atomic mass is 32.1. The van der Waals surface area contributed by atoms with Crippen LogP contribution in [0.2, 0.25) is 0 Å². The second-order valence-electron chi connectivity index (χ2n) is 25.8. The van der Waals surface area contributed by atoms with Crippen LogP contribution in [0.5, 0.6) is 0 Å². The summed E-state index contributed by atoms with van der Waals surface area (Å²) in [5.74, 6) is 2.03. The normalized spacial score (nSPS) is 12.7. The van der Waals surface area contributed by atoms with E-state index in [-0.39, 0.29) is 0 Å². The zero-order valence-corrected chi connectivity index (χ0v) is 63.1. The van der Waals surface area contributed by atoms with Crippen molar-refractivity contribution in [1.29, 1.82) is 0 Å². The Hall–Kier alpha value is -8.13. The standard InChI is InChI=1S/2C10H10O.3C10H10S.C8H16.3C8H10.C7H9N/c1-7-3-4-10-9(8(7)2)5-6-11-10;1-7-4-3-5-9-10(7)8(2)6-11-9;1-7-3-4-10-9(8(7)2)5-6-11-10;1-7-4-3-5-9-10(7)8(2)6-11-9;1-7-8(2)11-10-6-4-3-5-9(7)10;2*1-7-4-3-5-8(2)6-7;2*1-7-5-3-4-6-8(7)2;1-6-4-3-5-8-7(6)2/h5*3-6H,1-2H3;7-8H,3-6H2,1-2H3;3*3-6H,1-2H3;3-5H,1-2H3/t;;;;;7-,8+;;;;. The van der Waals surface area contributed by atoms with Gasteiger partial charge in [-0.2, -0.15) is 0 Å². The minimum atomic E-state index is 0.980. The number of aromatic nitrogens is 1. The Bertz CT molecular complexity index is 4250. The molecule has 15 rings (SSSR count). The number of benzene rings is 8. The minimum absolute atomic E-state index is 0.980. The van der Waals surface area contributed by atoms with Gasteiger partial charge in [0.15, 0.2) is 0 Å². The average molecular weight is 1320 g/mol. The van der Waals surface area contributed by atoms with E-state index in [2.05, 4.69) is 299 Å². The summed E-state index contributed by atoms with van der Waals surface area (Å²) in [6, 6.07) is 63.0. The lowest BCUT2D eigenvalue weighted by Crippen LogP contribution is -2.09. The fraction of sp³-hybridized carbons (Fsp3) is 0.292. The van der Waals surface area contributed by atoms with E-state index in [0.29, 0.717) is 0 Å². The highest BCUT2D eigenvalue weighted by Crippen LogP contribution is 2.31. The fourth-order valence-corrected chi connectivity index (χ4v) is 14.2. The molecule has 0 spiro atoms. The van der Waals surface area contributed by atoms with E-state index in [1.165, 1.54) is 161 Å². The van der Waals surface area contributed by atoms with Crippen molar-refractivity contribution in [2.45, 2.75) is 164 Å². The lowest BCUT2D eigenvalue weighted by atomic mass is 9.84. The Morgan fingerprint density at radius 3 is 1.40 bits per heavy atom. The molecule has 0 radical (unpaired) electrons. The molecular weight excluding hydrogens is 1210 g/mol. The van der Waals surface area contributed by atoms with Crippen molar-refractivity contribution in [3.8, 4) is 0 Å². The molecule has 6 aromatic heterocycles. The van der Waals surface area contributed by atoms with Gasteiger partial charge in [-0.3, -0.25) is 4.98 Å². The van der Waals surface area contributed by atoms with Gasteiger partial charge < -0.3 is 8.83 Å². The molecule has 1 fully saturated rings. The predicted octanol–water partition coefficient (Wildman–Crippen LogP) is 28.1. The van der Waals surface area contributed by atoms with Crippen LogP contribution in [0.25, 0.3) is 52.2 Å². The second-order valence-corrected chi connectivity index (χ2v) is 28.9. The third-order valence-corrected chi connectivity index (χ3v) is 21.0. The molecule has 3 nitrogen and oxygen atoms in total. The highest BCUT2D eigenvalue weighted by Gasteiger charge is 2.14. The molecule has 0 bridgehead atoms. The van der Waals surface area contributed by atoms with Crippen LogP contribution in [-0.4, -0.2) is 4.98 Å². The topological polar surface area (TPSA) is 39.2 Å². The number of rotatable bonds is 0. The lowest BCUT2D eigenvalue weighted by Gasteiger charge is -2.22. The maximum Gasteiger partial charge on any atom is 0.134 e. The number of aryl methyl sites for hydroxylation is 18. The fourth-order valence-electron chi connectivity index (χ4n) is 11.2. The predicted molar refractivity (Wildman–Crippen MR) is 424 cm³/mol. The minimum Gasteiger partial charge on any atom is -0.464 e. The van der Waals surface area contributed by atoms with Crippen molar-refractivity contribution >= 4 is 86.2 Å². The lowest BCUT2D eigenvalue weighted by molar-refractivity contribution is 0.301. The Morgan fingerprint density at radius 2 is 0.884 bits per heavy atom. The van der Waals surface area contributed by atoms with Gasteiger partial charge in [-0.05, 0) is 296 Å². The first-order valence-electron chi connectivity index (χ1n) is 33.6. The van der Waals surface area contributed by atoms with Gasteiger partial charge in [-0.15, -0.1) is 34.0 Å². The molecule has 95 heavy (non-hydrogen) atoms. The molecule has 0 aliphatic heterocycles. The van der Waals surface area contributed by atoms with E-state index in [4.69, 9.17) is 8.83 Å². The zero-order valence-electron chi connectivity index (χ0n) is 60.7. The SMILES string of the molecule is C[C@@H]1CCC[C@H](C)C1.Cc1ccc2occc2c1C.Cc1ccc2sccc2c1C.Cc1cccc(C)c1.Cc1cccc2occ(C)c12.Cc1cccc2scc(C)c12.Cc1ccccc1C.Cc1ccccc1C.Cc1cccnc1C.Cc1sc2ccccc2c1C. The van der Waals surface area contributed by atoms with Crippen LogP contribution in [0.4, 0.5) is 0 Å². The molecule has 1 aliphatic rings. The van der Waals surface area contributed by atoms with Gasteiger partial charge in [-0.25, -0.2) is 0 Å². The molecule has 8 aromatic carbocycles. The van der Waals surface area contributed by atoms with Crippen molar-refractivity contribution in [2.24, 2.45) is 11.8 Å². The molecule has 2 atom stereocenters. The molecule has 0 saturated heterocycles. The first-order chi connectivity index (χ1) is 45.4. The third kappa shape index (κ3) is 23.6. The molecule has 496 valence electrons. The van der Waals surface area contributed by atoms with Crippen molar-refractivity contribution in [3.63, 3.8) is 0 Å². The van der Waals surface area contributed by atoms with E-state index >= 15 is 0 Å². The molecule has 0 N–H and O–H groups in total. The van der Waals surface area contributed by atoms with Crippen LogP contribution in [0.15, 0.2) is 220 Å². The molecule has 1 aliphatic carbocycles. The molecule has 1 saturated carbocycles. The quantitative estimate of drug-likeness (QED) is 0.152. The number of furan rings is 2. The molecule has 0 amide bonds. The van der Waals surface area contributed by atoms with Crippen LogP contribution in [-0.2, 0) is 0 Å². The number of hydrogen-bond acceptors (Lipinski definition) is 6. The Balaban J connectivity index is 0.000000168. The Labute approximate surface area is 583 Å². The summed E-state index contributed by atoms with van der Waals surface area (Å²) in [4.78, 5) is 5.52. The molecule has 6 heterocycles. The Morgan fingerprint density at radius 1 is 0.368 bits per heavy atom. The number of thiophene rings is 3. The van der Waals surface area contributed by atoms with Crippen molar-refractivity contribution in [2.75, 3.05) is 0 Å². The number of nitrogens with zero attached hydrogens (tertiary/aromatic N) is 1. The molecule has 14 aromatic rings. The van der Waals surface area contributed by atoms with E-state index < -0.39 is 0 Å². The number of fused-ring (bicyclic) bond motifs is 5. The van der Waals surface area contributed by atoms with Crippen LogP contribution >= 0.6 is 34.0 Å². The smallest absolute Gasteiger partial charge is 0.134 e. The van der Waals surface area contributed by atoms with E-state index in [1.807, 2.05) is 77.5 Å². The average Bonchev–Trinajstić information content (AvgIpc) is 1.75. The maximum absolute atomic E-state index is 5.33. The van der Waals surface area contributed by atoms with Gasteiger partial charge >= 0.3 is 0 Å². The monoisotopic (exact) mass is 1320 g/mol. The molecule has 6 heteroatoms. The Kier molecular flexibility index (Phi) is 30.7. The third-order valence-electron chi connectivity index (χ3n) is 17.9. The van der Waals surface area contributed by atoms with Crippen molar-refractivity contribution < 1.29 is 8.83 Å². The molecule has 0 unspecified atom stereocenters. The van der Waals surface area contributed by atoms with Gasteiger partial charge in [0, 0.05) is 41.6 Å². The molecular formula is C89H105NO2S3. The van der Waals surface area contributed by atoms with E-state index in [1.54, 1.807) is 12.5 Å². The number of pyridine rings is 1. The van der Waals surface area contributed by atoms with Gasteiger partial charge in [0.2, 0.25) is 0 Å². The second kappa shape index (κ2) is 38.4. The first kappa shape index (κ1) is 75.9. The first-order valence-corrected chi connectivity index (χ1v) is 36.2. The van der Waals surface area contributed by atoms with Gasteiger partial charge in [-0.1, -0.05) is 178 Å². The summed E-state index contributed by atoms with van der Waals surface area (Å²) in [5.41, 5.74) is 24.7.